The summed E-state index contributed by atoms with van der Waals surface area (Å²) in [6, 6.07) is 12.7. The number of esters is 1. The fourth-order valence-electron chi connectivity index (χ4n) is 6.59. The van der Waals surface area contributed by atoms with Gasteiger partial charge in [0.05, 0.1) is 24.7 Å². The second-order valence-electron chi connectivity index (χ2n) is 10.0. The summed E-state index contributed by atoms with van der Waals surface area (Å²) >= 11 is 0. The highest BCUT2D eigenvalue weighted by Crippen LogP contribution is 2.63. The average molecular weight is 493 g/mol. The highest BCUT2D eigenvalue weighted by molar-refractivity contribution is 6.05. The van der Waals surface area contributed by atoms with E-state index in [4.69, 9.17) is 9.47 Å². The van der Waals surface area contributed by atoms with Crippen molar-refractivity contribution in [3.05, 3.63) is 55.1 Å². The van der Waals surface area contributed by atoms with Gasteiger partial charge in [-0.15, -0.1) is 6.58 Å². The molecule has 3 saturated heterocycles. The number of hydrogen-bond acceptors (Lipinski definition) is 6. The third-order valence-electron chi connectivity index (χ3n) is 8.01. The third kappa shape index (κ3) is 3.46. The molecule has 3 fully saturated rings. The molecule has 3 heterocycles. The molecule has 190 valence electrons. The minimum absolute atomic E-state index is 0.0250. The molecule has 5 atom stereocenters. The Hall–Kier alpha value is -3.23. The van der Waals surface area contributed by atoms with Gasteiger partial charge in [-0.1, -0.05) is 36.4 Å². The second kappa shape index (κ2) is 9.01. The summed E-state index contributed by atoms with van der Waals surface area (Å²) < 4.78 is 11.9. The molecule has 2 aromatic rings. The number of benzene rings is 2. The minimum Gasteiger partial charge on any atom is -0.466 e. The Morgan fingerprint density at radius 2 is 2.00 bits per heavy atom. The van der Waals surface area contributed by atoms with Crippen LogP contribution in [-0.2, 0) is 23.9 Å². The van der Waals surface area contributed by atoms with Crippen LogP contribution >= 0.6 is 0 Å². The lowest BCUT2D eigenvalue weighted by molar-refractivity contribution is -0.159. The fraction of sp³-hybridized carbons (Fsp3) is 0.464. The highest BCUT2D eigenvalue weighted by Gasteiger charge is 2.78. The van der Waals surface area contributed by atoms with Gasteiger partial charge in [0, 0.05) is 18.8 Å². The Kier molecular flexibility index (Phi) is 6.12. The summed E-state index contributed by atoms with van der Waals surface area (Å²) in [5, 5.41) is 11.8. The number of β-amino-alcohol motifs (C(OH)–C–C–N with tert-alkyl or cyclic N) is 1. The number of hydrogen-bond donors (Lipinski definition) is 1. The van der Waals surface area contributed by atoms with E-state index in [0.717, 1.165) is 10.8 Å². The van der Waals surface area contributed by atoms with Crippen molar-refractivity contribution >= 4 is 34.2 Å². The lowest BCUT2D eigenvalue weighted by atomic mass is 9.66. The molecule has 2 aromatic carbocycles. The standard InChI is InChI=1S/C28H32N2O6/c1-4-14-29(20-11-10-18-8-6-7-9-19(18)17-20)25(33)23-28-13-12-27(3,36-28)22(26(34)35-5-2)21(28)24(32)30(23)15-16-31/h4,6-11,17,21-23,31H,1,5,12-16H2,2-3H3/t21-,22+,23?,27-,28?/m0/s1. The average Bonchev–Trinajstić information content (AvgIpc) is 3.43. The zero-order valence-corrected chi connectivity index (χ0v) is 20.7. The van der Waals surface area contributed by atoms with E-state index in [2.05, 4.69) is 6.58 Å². The van der Waals surface area contributed by atoms with Gasteiger partial charge in [0.25, 0.3) is 5.91 Å². The molecule has 36 heavy (non-hydrogen) atoms. The molecule has 0 saturated carbocycles. The topological polar surface area (TPSA) is 96.4 Å². The lowest BCUT2D eigenvalue weighted by Crippen LogP contribution is -2.56. The Balaban J connectivity index is 1.58. The Morgan fingerprint density at radius 1 is 1.25 bits per heavy atom. The number of rotatable bonds is 8. The van der Waals surface area contributed by atoms with E-state index < -0.39 is 35.0 Å². The zero-order valence-electron chi connectivity index (χ0n) is 20.7. The predicted octanol–water partition coefficient (Wildman–Crippen LogP) is 2.68. The largest absolute Gasteiger partial charge is 0.466 e. The smallest absolute Gasteiger partial charge is 0.312 e. The number of nitrogens with zero attached hydrogens (tertiary/aromatic N) is 2. The zero-order chi connectivity index (χ0) is 25.7. The first kappa shape index (κ1) is 24.5. The van der Waals surface area contributed by atoms with Crippen molar-refractivity contribution in [2.75, 3.05) is 31.2 Å². The van der Waals surface area contributed by atoms with Crippen molar-refractivity contribution in [1.82, 2.24) is 4.90 Å². The van der Waals surface area contributed by atoms with Crippen molar-refractivity contribution in [2.45, 2.75) is 43.9 Å². The summed E-state index contributed by atoms with van der Waals surface area (Å²) in [5.74, 6) is -2.78. The van der Waals surface area contributed by atoms with E-state index >= 15 is 0 Å². The molecular weight excluding hydrogens is 460 g/mol. The van der Waals surface area contributed by atoms with Gasteiger partial charge in [-0.2, -0.15) is 0 Å². The van der Waals surface area contributed by atoms with Crippen LogP contribution < -0.4 is 4.90 Å². The monoisotopic (exact) mass is 492 g/mol. The molecule has 8 nitrogen and oxygen atoms in total. The van der Waals surface area contributed by atoms with Crippen LogP contribution in [0.1, 0.15) is 26.7 Å². The van der Waals surface area contributed by atoms with Gasteiger partial charge in [-0.05, 0) is 49.6 Å². The molecule has 3 aliphatic heterocycles. The number of aliphatic hydroxyl groups is 1. The first-order valence-electron chi connectivity index (χ1n) is 12.5. The van der Waals surface area contributed by atoms with Gasteiger partial charge in [0.2, 0.25) is 5.91 Å². The molecule has 3 aliphatic rings. The van der Waals surface area contributed by atoms with E-state index in [9.17, 15) is 19.5 Å². The van der Waals surface area contributed by atoms with E-state index in [1.54, 1.807) is 17.9 Å². The van der Waals surface area contributed by atoms with Crippen LogP contribution in [0.5, 0.6) is 0 Å². The van der Waals surface area contributed by atoms with E-state index in [1.165, 1.54) is 4.90 Å². The summed E-state index contributed by atoms with van der Waals surface area (Å²) in [5.41, 5.74) is -1.37. The number of ether oxygens (including phenoxy) is 2. The molecular formula is C28H32N2O6. The molecule has 0 aromatic heterocycles. The number of carbonyl (C=O) groups excluding carboxylic acids is 3. The van der Waals surface area contributed by atoms with Gasteiger partial charge in [0.1, 0.15) is 17.6 Å². The van der Waals surface area contributed by atoms with Crippen LogP contribution in [0.3, 0.4) is 0 Å². The summed E-state index contributed by atoms with van der Waals surface area (Å²) in [7, 11) is 0. The molecule has 8 heteroatoms. The van der Waals surface area contributed by atoms with Gasteiger partial charge < -0.3 is 24.4 Å². The SMILES string of the molecule is C=CCN(C(=O)C1N(CCO)C(=O)[C@@H]2[C@H](C(=O)OCC)[C@]3(C)CCC12O3)c1ccc2ccccc2c1. The number of aliphatic hydroxyl groups excluding tert-OH is 1. The van der Waals surface area contributed by atoms with Crippen molar-refractivity contribution in [2.24, 2.45) is 11.8 Å². The predicted molar refractivity (Wildman–Crippen MR) is 134 cm³/mol. The first-order chi connectivity index (χ1) is 17.3. The Labute approximate surface area is 210 Å². The third-order valence-corrected chi connectivity index (χ3v) is 8.01. The van der Waals surface area contributed by atoms with E-state index in [0.29, 0.717) is 18.5 Å². The van der Waals surface area contributed by atoms with Gasteiger partial charge in [-0.3, -0.25) is 14.4 Å². The molecule has 1 N–H and O–H groups in total. The van der Waals surface area contributed by atoms with Crippen LogP contribution in [0.4, 0.5) is 5.69 Å². The van der Waals surface area contributed by atoms with Crippen LogP contribution in [0.15, 0.2) is 55.1 Å². The Bertz CT molecular complexity index is 1230. The van der Waals surface area contributed by atoms with Crippen molar-refractivity contribution in [3.63, 3.8) is 0 Å². The van der Waals surface area contributed by atoms with Gasteiger partial charge >= 0.3 is 5.97 Å². The first-order valence-corrected chi connectivity index (χ1v) is 12.5. The summed E-state index contributed by atoms with van der Waals surface area (Å²) in [4.78, 5) is 44.1. The maximum absolute atomic E-state index is 14.3. The second-order valence-corrected chi connectivity index (χ2v) is 10.0. The van der Waals surface area contributed by atoms with Crippen LogP contribution in [0.25, 0.3) is 10.8 Å². The summed E-state index contributed by atoms with van der Waals surface area (Å²) in [6.45, 7) is 7.48. The van der Waals surface area contributed by atoms with Gasteiger partial charge in [0.15, 0.2) is 0 Å². The molecule has 1 spiro atoms. The van der Waals surface area contributed by atoms with Crippen molar-refractivity contribution in [3.8, 4) is 0 Å². The highest BCUT2D eigenvalue weighted by atomic mass is 16.6. The summed E-state index contributed by atoms with van der Waals surface area (Å²) in [6.07, 6.45) is 2.65. The number of carbonyl (C=O) groups is 3. The molecule has 5 rings (SSSR count). The quantitative estimate of drug-likeness (QED) is 0.450. The maximum atomic E-state index is 14.3. The molecule has 0 aliphatic carbocycles. The number of anilines is 1. The van der Waals surface area contributed by atoms with Crippen molar-refractivity contribution < 1.29 is 29.0 Å². The fourth-order valence-corrected chi connectivity index (χ4v) is 6.59. The van der Waals surface area contributed by atoms with Crippen molar-refractivity contribution in [1.29, 1.82) is 0 Å². The lowest BCUT2D eigenvalue weighted by Gasteiger charge is -2.36. The normalized spacial score (nSPS) is 30.5. The van der Waals surface area contributed by atoms with Crippen LogP contribution in [0, 0.1) is 11.8 Å². The van der Waals surface area contributed by atoms with Gasteiger partial charge in [-0.25, -0.2) is 0 Å². The van der Waals surface area contributed by atoms with E-state index in [-0.39, 0.29) is 38.1 Å². The molecule has 2 amide bonds. The maximum Gasteiger partial charge on any atom is 0.312 e. The molecule has 2 unspecified atom stereocenters. The number of amides is 2. The molecule has 2 bridgehead atoms. The number of likely N-dealkylation sites (tertiary alicyclic amines) is 1. The number of fused-ring (bicyclic) bond motifs is 2. The van der Waals surface area contributed by atoms with E-state index in [1.807, 2.05) is 49.4 Å². The Morgan fingerprint density at radius 3 is 2.69 bits per heavy atom. The minimum atomic E-state index is -1.16. The molecule has 0 radical (unpaired) electrons. The van der Waals surface area contributed by atoms with Crippen LogP contribution in [0.2, 0.25) is 0 Å². The van der Waals surface area contributed by atoms with Crippen LogP contribution in [-0.4, -0.2) is 71.3 Å².